The first-order valence-corrected chi connectivity index (χ1v) is 7.12. The quantitative estimate of drug-likeness (QED) is 0.887. The van der Waals surface area contributed by atoms with Gasteiger partial charge in [-0.15, -0.1) is 0 Å². The number of rotatable bonds is 3. The highest BCUT2D eigenvalue weighted by Gasteiger charge is 2.25. The largest absolute Gasteiger partial charge is 0.328 e. The van der Waals surface area contributed by atoms with Crippen molar-refractivity contribution in [2.24, 2.45) is 5.73 Å². The highest BCUT2D eigenvalue weighted by atomic mass is 15.2. The molecule has 1 aliphatic rings. The number of benzene rings is 1. The molecule has 2 heteroatoms. The molecule has 0 spiro atoms. The van der Waals surface area contributed by atoms with E-state index in [1.807, 2.05) is 0 Å². The maximum atomic E-state index is 5.99. The predicted octanol–water partition coefficient (Wildman–Crippen LogP) is 3.26. The molecule has 2 rings (SSSR count). The van der Waals surface area contributed by atoms with Crippen LogP contribution in [-0.2, 0) is 0 Å². The second-order valence-corrected chi connectivity index (χ2v) is 5.77. The molecule has 0 bridgehead atoms. The third kappa shape index (κ3) is 2.93. The summed E-state index contributed by atoms with van der Waals surface area (Å²) >= 11 is 0. The molecule has 0 amide bonds. The lowest BCUT2D eigenvalue weighted by Crippen LogP contribution is -2.40. The van der Waals surface area contributed by atoms with Crippen LogP contribution in [0.15, 0.2) is 24.3 Å². The van der Waals surface area contributed by atoms with E-state index >= 15 is 0 Å². The average molecular weight is 246 g/mol. The molecule has 1 atom stereocenters. The minimum absolute atomic E-state index is 0.434. The Morgan fingerprint density at radius 2 is 1.78 bits per heavy atom. The molecule has 2 N–H and O–H groups in total. The number of nitrogens with two attached hydrogens (primary N) is 1. The Morgan fingerprint density at radius 3 is 2.39 bits per heavy atom. The summed E-state index contributed by atoms with van der Waals surface area (Å²) in [5.41, 5.74) is 8.84. The molecule has 18 heavy (non-hydrogen) atoms. The van der Waals surface area contributed by atoms with Gasteiger partial charge in [0.25, 0.3) is 0 Å². The van der Waals surface area contributed by atoms with E-state index in [1.54, 1.807) is 0 Å². The minimum atomic E-state index is 0.434. The van der Waals surface area contributed by atoms with Crippen LogP contribution >= 0.6 is 0 Å². The highest BCUT2D eigenvalue weighted by molar-refractivity contribution is 5.28. The van der Waals surface area contributed by atoms with Crippen LogP contribution in [0, 0.1) is 6.92 Å². The Hall–Kier alpha value is -0.860. The van der Waals surface area contributed by atoms with Crippen molar-refractivity contribution in [3.63, 3.8) is 0 Å². The summed E-state index contributed by atoms with van der Waals surface area (Å²) in [7, 11) is 2.26. The minimum Gasteiger partial charge on any atom is -0.328 e. The molecule has 100 valence electrons. The number of aryl methyl sites for hydroxylation is 1. The zero-order chi connectivity index (χ0) is 13.1. The fraction of sp³-hybridized carbons (Fsp3) is 0.625. The molecule has 1 aromatic carbocycles. The molecule has 0 aliphatic heterocycles. The van der Waals surface area contributed by atoms with Crippen LogP contribution in [0.5, 0.6) is 0 Å². The Labute approximate surface area is 111 Å². The normalized spacial score (nSPS) is 26.3. The Kier molecular flexibility index (Phi) is 4.41. The maximum absolute atomic E-state index is 5.99. The second-order valence-electron chi connectivity index (χ2n) is 5.77. The van der Waals surface area contributed by atoms with Gasteiger partial charge >= 0.3 is 0 Å². The van der Waals surface area contributed by atoms with Gasteiger partial charge in [0.05, 0.1) is 0 Å². The van der Waals surface area contributed by atoms with Crippen molar-refractivity contribution >= 4 is 0 Å². The molecule has 2 nitrogen and oxygen atoms in total. The molecular formula is C16H26N2. The fourth-order valence-electron chi connectivity index (χ4n) is 3.10. The zero-order valence-corrected chi connectivity index (χ0v) is 11.9. The van der Waals surface area contributed by atoms with Crippen molar-refractivity contribution in [1.82, 2.24) is 4.90 Å². The van der Waals surface area contributed by atoms with Crippen molar-refractivity contribution in [2.45, 2.75) is 57.7 Å². The van der Waals surface area contributed by atoms with E-state index in [2.05, 4.69) is 50.1 Å². The highest BCUT2D eigenvalue weighted by Crippen LogP contribution is 2.29. The second kappa shape index (κ2) is 5.85. The van der Waals surface area contributed by atoms with Gasteiger partial charge in [-0.25, -0.2) is 0 Å². The van der Waals surface area contributed by atoms with E-state index in [0.29, 0.717) is 18.1 Å². The topological polar surface area (TPSA) is 29.3 Å². The van der Waals surface area contributed by atoms with Gasteiger partial charge < -0.3 is 5.73 Å². The van der Waals surface area contributed by atoms with Crippen LogP contribution in [0.1, 0.15) is 49.8 Å². The third-order valence-corrected chi connectivity index (χ3v) is 4.57. The molecule has 1 fully saturated rings. The molecule has 1 saturated carbocycles. The van der Waals surface area contributed by atoms with E-state index in [1.165, 1.54) is 36.8 Å². The lowest BCUT2D eigenvalue weighted by molar-refractivity contribution is 0.140. The SMILES string of the molecule is Cc1ccccc1C(C)N(C)C1CCC(N)CC1. The Bertz CT molecular complexity index is 380. The van der Waals surface area contributed by atoms with E-state index in [4.69, 9.17) is 5.73 Å². The maximum Gasteiger partial charge on any atom is 0.0322 e. The van der Waals surface area contributed by atoms with Gasteiger partial charge in [-0.05, 0) is 57.7 Å². The van der Waals surface area contributed by atoms with E-state index < -0.39 is 0 Å². The molecule has 0 saturated heterocycles. The van der Waals surface area contributed by atoms with Crippen molar-refractivity contribution < 1.29 is 0 Å². The van der Waals surface area contributed by atoms with Gasteiger partial charge in [-0.1, -0.05) is 24.3 Å². The van der Waals surface area contributed by atoms with Crippen LogP contribution in [0.25, 0.3) is 0 Å². The van der Waals surface area contributed by atoms with Crippen LogP contribution < -0.4 is 5.73 Å². The van der Waals surface area contributed by atoms with Crippen LogP contribution in [0.3, 0.4) is 0 Å². The third-order valence-electron chi connectivity index (χ3n) is 4.57. The molecule has 1 unspecified atom stereocenters. The molecule has 0 heterocycles. The molecule has 0 radical (unpaired) electrons. The number of hydrogen-bond acceptors (Lipinski definition) is 2. The fourth-order valence-corrected chi connectivity index (χ4v) is 3.10. The van der Waals surface area contributed by atoms with Crippen molar-refractivity contribution in [2.75, 3.05) is 7.05 Å². The van der Waals surface area contributed by atoms with Gasteiger partial charge in [-0.3, -0.25) is 4.90 Å². The lowest BCUT2D eigenvalue weighted by Gasteiger charge is -2.37. The van der Waals surface area contributed by atoms with Gasteiger partial charge in [-0.2, -0.15) is 0 Å². The molecular weight excluding hydrogens is 220 g/mol. The lowest BCUT2D eigenvalue weighted by atomic mass is 9.89. The smallest absolute Gasteiger partial charge is 0.0322 e. The van der Waals surface area contributed by atoms with Gasteiger partial charge in [0, 0.05) is 18.1 Å². The molecule has 1 aliphatic carbocycles. The van der Waals surface area contributed by atoms with Crippen molar-refractivity contribution in [3.8, 4) is 0 Å². The van der Waals surface area contributed by atoms with Gasteiger partial charge in [0.1, 0.15) is 0 Å². The standard InChI is InChI=1S/C16H26N2/c1-12-6-4-5-7-16(12)13(2)18(3)15-10-8-14(17)9-11-15/h4-7,13-15H,8-11,17H2,1-3H3. The van der Waals surface area contributed by atoms with Crippen LogP contribution in [-0.4, -0.2) is 24.0 Å². The van der Waals surface area contributed by atoms with Crippen molar-refractivity contribution in [1.29, 1.82) is 0 Å². The van der Waals surface area contributed by atoms with Crippen molar-refractivity contribution in [3.05, 3.63) is 35.4 Å². The van der Waals surface area contributed by atoms with Crippen LogP contribution in [0.4, 0.5) is 0 Å². The Balaban J connectivity index is 2.05. The summed E-state index contributed by atoms with van der Waals surface area (Å²) in [6.07, 6.45) is 4.84. The van der Waals surface area contributed by atoms with E-state index in [0.717, 1.165) is 0 Å². The van der Waals surface area contributed by atoms with Gasteiger partial charge in [0.15, 0.2) is 0 Å². The molecule has 0 aromatic heterocycles. The predicted molar refractivity (Wildman–Crippen MR) is 77.6 cm³/mol. The monoisotopic (exact) mass is 246 g/mol. The summed E-state index contributed by atoms with van der Waals surface area (Å²) in [5, 5.41) is 0. The molecule has 1 aromatic rings. The summed E-state index contributed by atoms with van der Waals surface area (Å²) in [6.45, 7) is 4.52. The summed E-state index contributed by atoms with van der Waals surface area (Å²) in [6, 6.07) is 10.3. The number of nitrogens with zero attached hydrogens (tertiary/aromatic N) is 1. The number of hydrogen-bond donors (Lipinski definition) is 1. The van der Waals surface area contributed by atoms with E-state index in [9.17, 15) is 0 Å². The van der Waals surface area contributed by atoms with E-state index in [-0.39, 0.29) is 0 Å². The van der Waals surface area contributed by atoms with Gasteiger partial charge in [0.2, 0.25) is 0 Å². The zero-order valence-electron chi connectivity index (χ0n) is 11.9. The van der Waals surface area contributed by atoms with Crippen LogP contribution in [0.2, 0.25) is 0 Å². The first-order valence-electron chi connectivity index (χ1n) is 7.12. The summed E-state index contributed by atoms with van der Waals surface area (Å²) < 4.78 is 0. The average Bonchev–Trinajstić information content (AvgIpc) is 2.38. The summed E-state index contributed by atoms with van der Waals surface area (Å²) in [4.78, 5) is 2.54. The summed E-state index contributed by atoms with van der Waals surface area (Å²) in [5.74, 6) is 0. The Morgan fingerprint density at radius 1 is 1.17 bits per heavy atom. The first kappa shape index (κ1) is 13.6. The first-order chi connectivity index (χ1) is 8.59.